The second kappa shape index (κ2) is 8.04. The summed E-state index contributed by atoms with van der Waals surface area (Å²) in [4.78, 5) is 48.0. The molecule has 1 fully saturated rings. The Morgan fingerprint density at radius 2 is 1.89 bits per heavy atom. The monoisotopic (exact) mass is 506 g/mol. The van der Waals surface area contributed by atoms with Gasteiger partial charge in [-0.2, -0.15) is 0 Å². The fourth-order valence-electron chi connectivity index (χ4n) is 5.59. The van der Waals surface area contributed by atoms with Crippen LogP contribution in [0.15, 0.2) is 72.0 Å². The number of aryl methyl sites for hydroxylation is 1. The Balaban J connectivity index is 1.14. The van der Waals surface area contributed by atoms with Crippen LogP contribution in [0, 0.1) is 6.92 Å². The minimum Gasteiger partial charge on any atom is -0.361 e. The summed E-state index contributed by atoms with van der Waals surface area (Å²) in [6.45, 7) is 2.61. The average Bonchev–Trinajstić information content (AvgIpc) is 3.69. The van der Waals surface area contributed by atoms with Crippen LogP contribution < -0.4 is 5.32 Å². The molecule has 182 valence electrons. The van der Waals surface area contributed by atoms with E-state index in [2.05, 4.69) is 15.3 Å². The number of hydrogen-bond donors (Lipinski definition) is 3. The predicted octanol–water partition coefficient (Wildman–Crippen LogP) is 5.98. The number of carbonyl (C=O) groups excluding carboxylic acids is 3. The summed E-state index contributed by atoms with van der Waals surface area (Å²) in [5.41, 5.74) is 6.38. The third-order valence-electron chi connectivity index (χ3n) is 7.42. The number of nitrogens with one attached hydrogen (secondary N) is 3. The van der Waals surface area contributed by atoms with E-state index in [-0.39, 0.29) is 23.5 Å². The largest absolute Gasteiger partial charge is 0.361 e. The van der Waals surface area contributed by atoms with Gasteiger partial charge in [0.25, 0.3) is 11.8 Å². The van der Waals surface area contributed by atoms with Crippen molar-refractivity contribution in [2.75, 3.05) is 11.9 Å². The summed E-state index contributed by atoms with van der Waals surface area (Å²) in [7, 11) is 0. The Kier molecular flexibility index (Phi) is 4.74. The van der Waals surface area contributed by atoms with Gasteiger partial charge in [0.2, 0.25) is 0 Å². The number of benzene rings is 2. The van der Waals surface area contributed by atoms with Gasteiger partial charge < -0.3 is 20.2 Å². The molecule has 1 atom stereocenters. The first-order chi connectivity index (χ1) is 18.0. The number of hydrogen-bond acceptors (Lipinski definition) is 4. The molecule has 8 heteroatoms. The van der Waals surface area contributed by atoms with E-state index in [1.807, 2.05) is 42.8 Å². The molecule has 3 aromatic heterocycles. The van der Waals surface area contributed by atoms with Crippen molar-refractivity contribution in [1.82, 2.24) is 14.9 Å². The predicted molar refractivity (Wildman–Crippen MR) is 144 cm³/mol. The van der Waals surface area contributed by atoms with E-state index in [1.165, 1.54) is 11.3 Å². The van der Waals surface area contributed by atoms with Crippen molar-refractivity contribution in [2.45, 2.75) is 19.3 Å². The number of rotatable bonds is 3. The molecule has 1 unspecified atom stereocenters. The van der Waals surface area contributed by atoms with Crippen LogP contribution in [-0.4, -0.2) is 39.0 Å². The Bertz CT molecular complexity index is 1800. The Morgan fingerprint density at radius 3 is 2.78 bits per heavy atom. The van der Waals surface area contributed by atoms with Crippen molar-refractivity contribution >= 4 is 56.4 Å². The van der Waals surface area contributed by atoms with E-state index in [0.717, 1.165) is 49.9 Å². The highest BCUT2D eigenvalue weighted by Crippen LogP contribution is 2.45. The number of nitrogens with zero attached hydrogens (tertiary/aromatic N) is 1. The van der Waals surface area contributed by atoms with Gasteiger partial charge in [-0.3, -0.25) is 14.4 Å². The quantitative estimate of drug-likeness (QED) is 0.281. The minimum atomic E-state index is -0.211. The van der Waals surface area contributed by atoms with E-state index in [1.54, 1.807) is 35.4 Å². The van der Waals surface area contributed by atoms with Crippen molar-refractivity contribution in [2.24, 2.45) is 0 Å². The first-order valence-electron chi connectivity index (χ1n) is 12.1. The summed E-state index contributed by atoms with van der Waals surface area (Å²) in [6.07, 6.45) is 6.03. The highest BCUT2D eigenvalue weighted by atomic mass is 32.1. The van der Waals surface area contributed by atoms with Gasteiger partial charge in [-0.25, -0.2) is 0 Å². The number of thiophene rings is 1. The molecule has 37 heavy (non-hydrogen) atoms. The number of H-pyrrole nitrogens is 2. The lowest BCUT2D eigenvalue weighted by Crippen LogP contribution is -2.28. The molecule has 0 spiro atoms. The van der Waals surface area contributed by atoms with Crippen LogP contribution in [0.1, 0.15) is 53.9 Å². The van der Waals surface area contributed by atoms with E-state index < -0.39 is 0 Å². The van der Waals surface area contributed by atoms with E-state index in [4.69, 9.17) is 0 Å². The Hall–Kier alpha value is -4.43. The molecule has 7 nitrogen and oxygen atoms in total. The van der Waals surface area contributed by atoms with Crippen molar-refractivity contribution in [1.29, 1.82) is 0 Å². The lowest BCUT2D eigenvalue weighted by Gasteiger charge is -2.24. The van der Waals surface area contributed by atoms with Crippen LogP contribution >= 0.6 is 11.3 Å². The van der Waals surface area contributed by atoms with Gasteiger partial charge >= 0.3 is 0 Å². The summed E-state index contributed by atoms with van der Waals surface area (Å²) in [5, 5.41) is 6.86. The zero-order chi connectivity index (χ0) is 25.3. The minimum absolute atomic E-state index is 0.0188. The highest BCUT2D eigenvalue weighted by Gasteiger charge is 2.40. The summed E-state index contributed by atoms with van der Waals surface area (Å²) >= 11 is 1.49. The number of allylic oxidation sites excluding steroid dienone is 2. The topological polar surface area (TPSA) is 98.1 Å². The fourth-order valence-corrected chi connectivity index (χ4v) is 6.62. The molecule has 7 rings (SSSR count). The van der Waals surface area contributed by atoms with Crippen LogP contribution in [0.25, 0.3) is 21.8 Å². The SMILES string of the molecule is Cc1csc2c1C1CCN(C(=O)c3ccc4c(NC(=O)c5ccc6cc[nH]c6c5)c[nH]c4c3)C1=CC2=O. The zero-order valence-electron chi connectivity index (χ0n) is 19.9. The lowest BCUT2D eigenvalue weighted by atomic mass is 9.87. The number of amides is 2. The molecule has 0 saturated carbocycles. The third kappa shape index (κ3) is 3.37. The molecule has 2 aliphatic rings. The van der Waals surface area contributed by atoms with Crippen LogP contribution in [0.3, 0.4) is 0 Å². The second-order valence-corrected chi connectivity index (χ2v) is 10.5. The van der Waals surface area contributed by atoms with Crippen molar-refractivity contribution < 1.29 is 14.4 Å². The number of aromatic nitrogens is 2. The van der Waals surface area contributed by atoms with Crippen LogP contribution in [0.5, 0.6) is 0 Å². The number of anilines is 1. The van der Waals surface area contributed by atoms with Crippen molar-refractivity contribution in [3.8, 4) is 0 Å². The molecule has 1 aliphatic heterocycles. The standard InChI is InChI=1S/C29H22N4O3S/c1-15-14-37-27-25(34)12-24-20(26(15)27)7-9-33(24)29(36)18-4-5-19-22(11-18)31-13-23(19)32-28(35)17-3-2-16-6-8-30-21(16)10-17/h2-6,8,10-14,20,30-31H,7,9H2,1H3,(H,32,35). The van der Waals surface area contributed by atoms with Gasteiger partial charge in [0.1, 0.15) is 0 Å². The highest BCUT2D eigenvalue weighted by molar-refractivity contribution is 7.12. The second-order valence-electron chi connectivity index (χ2n) is 9.59. The molecular formula is C29H22N4O3S. The van der Waals surface area contributed by atoms with Crippen molar-refractivity contribution in [3.05, 3.63) is 99.1 Å². The smallest absolute Gasteiger partial charge is 0.258 e. The fraction of sp³-hybridized carbons (Fsp3) is 0.138. The molecule has 5 aromatic rings. The molecule has 0 bridgehead atoms. The molecule has 3 N–H and O–H groups in total. The summed E-state index contributed by atoms with van der Waals surface area (Å²) < 4.78 is 0. The third-order valence-corrected chi connectivity index (χ3v) is 8.55. The average molecular weight is 507 g/mol. The van der Waals surface area contributed by atoms with E-state index in [0.29, 0.717) is 23.4 Å². The van der Waals surface area contributed by atoms with Gasteiger partial charge in [0, 0.05) is 64.2 Å². The maximum atomic E-state index is 13.5. The molecule has 1 aliphatic carbocycles. The Morgan fingerprint density at radius 1 is 1.05 bits per heavy atom. The Labute approximate surface area is 215 Å². The number of ketones is 1. The lowest BCUT2D eigenvalue weighted by molar-refractivity contribution is 0.0823. The van der Waals surface area contributed by atoms with Gasteiger partial charge in [-0.05, 0) is 71.6 Å². The normalized spacial score (nSPS) is 16.7. The van der Waals surface area contributed by atoms with Gasteiger partial charge in [-0.15, -0.1) is 11.3 Å². The number of aromatic amines is 2. The van der Waals surface area contributed by atoms with Crippen LogP contribution in [-0.2, 0) is 0 Å². The summed E-state index contributed by atoms with van der Waals surface area (Å²) in [6, 6.07) is 12.9. The van der Waals surface area contributed by atoms with Gasteiger partial charge in [0.15, 0.2) is 5.78 Å². The maximum Gasteiger partial charge on any atom is 0.258 e. The maximum absolute atomic E-state index is 13.5. The molecule has 2 amide bonds. The molecule has 4 heterocycles. The summed E-state index contributed by atoms with van der Waals surface area (Å²) in [5.74, 6) is -0.268. The zero-order valence-corrected chi connectivity index (χ0v) is 20.7. The van der Waals surface area contributed by atoms with Crippen LogP contribution in [0.2, 0.25) is 0 Å². The first-order valence-corrected chi connectivity index (χ1v) is 13.0. The number of fused-ring (bicyclic) bond motifs is 5. The molecule has 0 radical (unpaired) electrons. The molecule has 2 aromatic carbocycles. The molecule has 1 saturated heterocycles. The van der Waals surface area contributed by atoms with Gasteiger partial charge in [-0.1, -0.05) is 6.07 Å². The number of carbonyl (C=O) groups is 3. The van der Waals surface area contributed by atoms with E-state index >= 15 is 0 Å². The number of likely N-dealkylation sites (tertiary alicyclic amines) is 1. The van der Waals surface area contributed by atoms with E-state index in [9.17, 15) is 14.4 Å². The van der Waals surface area contributed by atoms with Crippen LogP contribution in [0.4, 0.5) is 5.69 Å². The van der Waals surface area contributed by atoms with Gasteiger partial charge in [0.05, 0.1) is 10.6 Å². The molecular weight excluding hydrogens is 484 g/mol. The van der Waals surface area contributed by atoms with Crippen molar-refractivity contribution in [3.63, 3.8) is 0 Å². The first kappa shape index (κ1) is 21.8.